The molecule has 12 heavy (non-hydrogen) atoms. The van der Waals surface area contributed by atoms with Crippen molar-refractivity contribution in [3.8, 4) is 0 Å². The van der Waals surface area contributed by atoms with Gasteiger partial charge < -0.3 is 10.2 Å². The molecular weight excluding hydrogens is 421 g/mol. The minimum atomic E-state index is -3.76. The van der Waals surface area contributed by atoms with E-state index in [1.807, 2.05) is 0 Å². The van der Waals surface area contributed by atoms with Crippen LogP contribution in [-0.4, -0.2) is 22.4 Å². The van der Waals surface area contributed by atoms with E-state index in [9.17, 15) is 8.78 Å². The number of halogens is 2. The molecule has 68 valence electrons. The number of aliphatic hydroxyl groups is 2. The van der Waals surface area contributed by atoms with Crippen LogP contribution in [0.4, 0.5) is 8.78 Å². The topological polar surface area (TPSA) is 40.5 Å². The van der Waals surface area contributed by atoms with Gasteiger partial charge in [0.25, 0.3) is 0 Å². The first-order valence-electron chi connectivity index (χ1n) is 3.35. The molecule has 0 radical (unpaired) electrons. The maximum atomic E-state index is 11.8. The Morgan fingerprint density at radius 1 is 1.50 bits per heavy atom. The van der Waals surface area contributed by atoms with Crippen molar-refractivity contribution >= 4 is 0 Å². The molecule has 5 heteroatoms. The maximum Gasteiger partial charge on any atom is 0.355 e. The van der Waals surface area contributed by atoms with E-state index in [4.69, 9.17) is 10.2 Å². The molecule has 0 heterocycles. The van der Waals surface area contributed by atoms with Crippen molar-refractivity contribution in [3.05, 3.63) is 12.7 Å². The van der Waals surface area contributed by atoms with Gasteiger partial charge in [0.15, 0.2) is 0 Å². The second-order valence-electron chi connectivity index (χ2n) is 2.39. The fourth-order valence-electron chi connectivity index (χ4n) is 0.696. The smallest absolute Gasteiger partial charge is 0.355 e. The summed E-state index contributed by atoms with van der Waals surface area (Å²) in [5.74, 6) is 0. The maximum absolute atomic E-state index is 11.8. The van der Waals surface area contributed by atoms with Crippen LogP contribution in [0.25, 0.3) is 0 Å². The molecule has 0 aromatic heterocycles. The van der Waals surface area contributed by atoms with Crippen molar-refractivity contribution in [2.75, 3.05) is 0 Å². The standard InChI is InChI=1S/C7H12F2O2.Rf/c1-2-3-4-6(10)5-7(8,9)11;/h2,6,10-11H,1,3-5H2;/t6-;/m1./s1. The molecule has 0 fully saturated rings. The average molecular weight is 433 g/mol. The van der Waals surface area contributed by atoms with Crippen LogP contribution in [0.15, 0.2) is 12.7 Å². The summed E-state index contributed by atoms with van der Waals surface area (Å²) >= 11 is 0. The van der Waals surface area contributed by atoms with Gasteiger partial charge in [-0.15, -0.1) is 6.58 Å². The summed E-state index contributed by atoms with van der Waals surface area (Å²) in [6.07, 6.45) is -3.62. The monoisotopic (exact) mass is 433 g/mol. The van der Waals surface area contributed by atoms with E-state index in [-0.39, 0.29) is 6.42 Å². The third-order valence-electron chi connectivity index (χ3n) is 1.19. The van der Waals surface area contributed by atoms with Crippen LogP contribution in [0.5, 0.6) is 0 Å². The Morgan fingerprint density at radius 2 is 2.00 bits per heavy atom. The van der Waals surface area contributed by atoms with Crippen LogP contribution in [-0.2, 0) is 0 Å². The van der Waals surface area contributed by atoms with Crippen LogP contribution in [0, 0.1) is 0 Å². The van der Waals surface area contributed by atoms with Gasteiger partial charge in [-0.2, -0.15) is 8.78 Å². The Balaban J connectivity index is 0. The third-order valence-corrected chi connectivity index (χ3v) is 1.19. The van der Waals surface area contributed by atoms with Gasteiger partial charge in [0, 0.05) is 0 Å². The minimum absolute atomic E-state index is 0. The van der Waals surface area contributed by atoms with Gasteiger partial charge in [-0.05, 0) is 12.8 Å². The molecule has 2 nitrogen and oxygen atoms in total. The molecular formula is C7H12F2O2Rf. The number of alkyl halides is 2. The predicted octanol–water partition coefficient (Wildman–Crippen LogP) is 1.29. The SMILES string of the molecule is C=CCC[C@@H](O)CC(O)(F)F.[Rf]. The number of hydrogen-bond donors (Lipinski definition) is 2. The van der Waals surface area contributed by atoms with Gasteiger partial charge in [0.05, 0.1) is 12.5 Å². The molecule has 0 aliphatic carbocycles. The molecule has 1 atom stereocenters. The zero-order valence-electron chi connectivity index (χ0n) is 6.84. The fraction of sp³-hybridized carbons (Fsp3) is 0.714. The van der Waals surface area contributed by atoms with Crippen molar-refractivity contribution < 1.29 is 19.0 Å². The second kappa shape index (κ2) is 5.21. The van der Waals surface area contributed by atoms with Gasteiger partial charge in [0.1, 0.15) is 0 Å². The van der Waals surface area contributed by atoms with Gasteiger partial charge in [-0.3, -0.25) is 0 Å². The summed E-state index contributed by atoms with van der Waals surface area (Å²) in [7, 11) is 0. The van der Waals surface area contributed by atoms with Gasteiger partial charge in [0.2, 0.25) is 0 Å². The van der Waals surface area contributed by atoms with E-state index in [1.54, 1.807) is 0 Å². The predicted molar refractivity (Wildman–Crippen MR) is 37.2 cm³/mol. The van der Waals surface area contributed by atoms with Gasteiger partial charge in [-0.1, -0.05) is 6.08 Å². The summed E-state index contributed by atoms with van der Waals surface area (Å²) in [4.78, 5) is 0. The molecule has 0 aliphatic rings. The number of allylic oxidation sites excluding steroid dienone is 1. The average Bonchev–Trinajstić information content (AvgIpc) is 1.79. The summed E-state index contributed by atoms with van der Waals surface area (Å²) in [6.45, 7) is 3.37. The second-order valence-corrected chi connectivity index (χ2v) is 2.39. The normalized spacial score (nSPS) is 13.3. The molecule has 0 rings (SSSR count). The molecule has 0 saturated carbocycles. The van der Waals surface area contributed by atoms with Gasteiger partial charge in [-0.25, -0.2) is 0 Å². The Hall–Kier alpha value is -1.48. The first-order valence-corrected chi connectivity index (χ1v) is 3.35. The Labute approximate surface area is 64.2 Å². The van der Waals surface area contributed by atoms with Crippen molar-refractivity contribution in [2.45, 2.75) is 31.5 Å². The van der Waals surface area contributed by atoms with E-state index >= 15 is 0 Å². The van der Waals surface area contributed by atoms with E-state index in [1.165, 1.54) is 6.08 Å². The largest absolute Gasteiger partial charge is 0.393 e. The van der Waals surface area contributed by atoms with E-state index < -0.39 is 18.6 Å². The number of aliphatic hydroxyl groups excluding tert-OH is 1. The van der Waals surface area contributed by atoms with Crippen LogP contribution in [0.2, 0.25) is 0 Å². The van der Waals surface area contributed by atoms with Crippen molar-refractivity contribution in [3.63, 3.8) is 0 Å². The molecule has 0 unspecified atom stereocenters. The zero-order valence-corrected chi connectivity index (χ0v) is 13.2. The third kappa shape index (κ3) is 8.52. The fourth-order valence-corrected chi connectivity index (χ4v) is 0.696. The molecule has 0 spiro atoms. The quantitative estimate of drug-likeness (QED) is 0.642. The summed E-state index contributed by atoms with van der Waals surface area (Å²) < 4.78 is 23.5. The molecule has 0 saturated heterocycles. The first kappa shape index (κ1) is 13.1. The van der Waals surface area contributed by atoms with Crippen LogP contribution < -0.4 is 0 Å². The molecule has 0 bridgehead atoms. The van der Waals surface area contributed by atoms with Crippen molar-refractivity contribution in [1.29, 1.82) is 0 Å². The molecule has 2 N–H and O–H groups in total. The Bertz CT molecular complexity index is 125. The summed E-state index contributed by atoms with van der Waals surface area (Å²) in [5, 5.41) is 16.8. The van der Waals surface area contributed by atoms with E-state index in [2.05, 4.69) is 6.58 Å². The summed E-state index contributed by atoms with van der Waals surface area (Å²) in [6, 6.07) is 0. The Morgan fingerprint density at radius 3 is 2.33 bits per heavy atom. The number of rotatable bonds is 5. The van der Waals surface area contributed by atoms with E-state index in [0.29, 0.717) is 6.42 Å². The van der Waals surface area contributed by atoms with Crippen LogP contribution in [0.1, 0.15) is 19.3 Å². The zero-order chi connectivity index (χ0) is 8.91. The van der Waals surface area contributed by atoms with Crippen molar-refractivity contribution in [2.24, 2.45) is 0 Å². The number of hydrogen-bond acceptors (Lipinski definition) is 2. The summed E-state index contributed by atoms with van der Waals surface area (Å²) in [5.41, 5.74) is 0. The van der Waals surface area contributed by atoms with E-state index in [0.717, 1.165) is 0 Å². The minimum Gasteiger partial charge on any atom is -0.393 e. The van der Waals surface area contributed by atoms with Crippen LogP contribution in [0.3, 0.4) is 0 Å². The molecule has 0 aliphatic heterocycles. The Kier molecular flexibility index (Phi) is 5.70. The molecule has 0 aromatic carbocycles. The van der Waals surface area contributed by atoms with Gasteiger partial charge >= 0.3 is 6.11 Å². The van der Waals surface area contributed by atoms with Crippen LogP contribution >= 0.6 is 0 Å². The first-order chi connectivity index (χ1) is 4.95. The van der Waals surface area contributed by atoms with Crippen molar-refractivity contribution in [1.82, 2.24) is 0 Å². The molecule has 0 aromatic rings. The molecule has 0 amide bonds.